The quantitative estimate of drug-likeness (QED) is 0.782. The summed E-state index contributed by atoms with van der Waals surface area (Å²) >= 11 is 0. The monoisotopic (exact) mass is 271 g/mol. The fraction of sp³-hybridized carbons (Fsp3) is 0.846. The summed E-state index contributed by atoms with van der Waals surface area (Å²) in [6, 6.07) is 0. The average molecular weight is 271 g/mol. The van der Waals surface area contributed by atoms with Gasteiger partial charge >= 0.3 is 12.1 Å². The maximum atomic E-state index is 12.0. The SMILES string of the molecule is CC(C)(C)OC(=O)N1CC[C@H]2OCC[C@@]2(C(=O)O)C1. The van der Waals surface area contributed by atoms with Crippen molar-refractivity contribution >= 4 is 12.1 Å². The number of hydrogen-bond acceptors (Lipinski definition) is 4. The number of carboxylic acid groups (broad SMARTS) is 1. The van der Waals surface area contributed by atoms with Gasteiger partial charge in [-0.3, -0.25) is 4.79 Å². The Labute approximate surface area is 112 Å². The van der Waals surface area contributed by atoms with E-state index in [-0.39, 0.29) is 12.6 Å². The maximum absolute atomic E-state index is 12.0. The Morgan fingerprint density at radius 1 is 1.42 bits per heavy atom. The van der Waals surface area contributed by atoms with Crippen molar-refractivity contribution in [3.05, 3.63) is 0 Å². The molecule has 0 aromatic heterocycles. The van der Waals surface area contributed by atoms with Crippen LogP contribution in [0.1, 0.15) is 33.6 Å². The molecule has 0 aliphatic carbocycles. The number of carbonyl (C=O) groups is 2. The standard InChI is InChI=1S/C13H21NO5/c1-12(2,3)19-11(17)14-6-4-9-13(8-14,10(15)16)5-7-18-9/h9H,4-8H2,1-3H3,(H,15,16)/t9-,13-/m1/s1. The van der Waals surface area contributed by atoms with E-state index < -0.39 is 23.1 Å². The van der Waals surface area contributed by atoms with Crippen LogP contribution in [0, 0.1) is 5.41 Å². The molecule has 0 saturated carbocycles. The molecule has 0 spiro atoms. The van der Waals surface area contributed by atoms with Crippen molar-refractivity contribution in [1.29, 1.82) is 0 Å². The molecule has 2 rings (SSSR count). The van der Waals surface area contributed by atoms with Gasteiger partial charge in [0.05, 0.1) is 6.10 Å². The number of piperidine rings is 1. The van der Waals surface area contributed by atoms with E-state index in [1.54, 1.807) is 20.8 Å². The lowest BCUT2D eigenvalue weighted by atomic mass is 9.77. The number of carbonyl (C=O) groups excluding carboxylic acids is 1. The summed E-state index contributed by atoms with van der Waals surface area (Å²) in [7, 11) is 0. The highest BCUT2D eigenvalue weighted by Gasteiger charge is 2.54. The Bertz CT molecular complexity index is 389. The van der Waals surface area contributed by atoms with E-state index >= 15 is 0 Å². The zero-order valence-electron chi connectivity index (χ0n) is 11.6. The van der Waals surface area contributed by atoms with Gasteiger partial charge in [0.1, 0.15) is 11.0 Å². The number of ether oxygens (including phenoxy) is 2. The number of nitrogens with zero attached hydrogens (tertiary/aromatic N) is 1. The minimum atomic E-state index is -0.963. The Balaban J connectivity index is 2.10. The van der Waals surface area contributed by atoms with Gasteiger partial charge in [0.2, 0.25) is 0 Å². The first-order chi connectivity index (χ1) is 8.74. The third kappa shape index (κ3) is 2.68. The largest absolute Gasteiger partial charge is 0.481 e. The Morgan fingerprint density at radius 2 is 2.11 bits per heavy atom. The first-order valence-corrected chi connectivity index (χ1v) is 6.57. The van der Waals surface area contributed by atoms with Crippen molar-refractivity contribution in [2.75, 3.05) is 19.7 Å². The summed E-state index contributed by atoms with van der Waals surface area (Å²) in [4.78, 5) is 25.1. The number of likely N-dealkylation sites (tertiary alicyclic amines) is 1. The summed E-state index contributed by atoms with van der Waals surface area (Å²) < 4.78 is 10.8. The molecule has 0 unspecified atom stereocenters. The molecule has 1 N–H and O–H groups in total. The molecular weight excluding hydrogens is 250 g/mol. The summed E-state index contributed by atoms with van der Waals surface area (Å²) in [5, 5.41) is 9.47. The number of amides is 1. The summed E-state index contributed by atoms with van der Waals surface area (Å²) in [5.74, 6) is -0.886. The lowest BCUT2D eigenvalue weighted by Gasteiger charge is -2.40. The Hall–Kier alpha value is -1.30. The molecule has 2 saturated heterocycles. The zero-order chi connectivity index (χ0) is 14.3. The molecule has 0 aromatic carbocycles. The predicted octanol–water partition coefficient (Wildman–Crippen LogP) is 1.49. The Kier molecular flexibility index (Phi) is 3.47. The molecule has 108 valence electrons. The van der Waals surface area contributed by atoms with E-state index in [9.17, 15) is 14.7 Å². The lowest BCUT2D eigenvalue weighted by molar-refractivity contribution is -0.156. The normalized spacial score (nSPS) is 30.9. The minimum absolute atomic E-state index is 0.169. The molecular formula is C13H21NO5. The van der Waals surface area contributed by atoms with Gasteiger partial charge in [-0.15, -0.1) is 0 Å². The number of hydrogen-bond donors (Lipinski definition) is 1. The van der Waals surface area contributed by atoms with Gasteiger partial charge in [0.25, 0.3) is 0 Å². The highest BCUT2D eigenvalue weighted by atomic mass is 16.6. The van der Waals surface area contributed by atoms with Crippen LogP contribution in [0.25, 0.3) is 0 Å². The number of fused-ring (bicyclic) bond motifs is 1. The molecule has 0 aromatic rings. The second-order valence-electron chi connectivity index (χ2n) is 6.26. The van der Waals surface area contributed by atoms with Gasteiger partial charge in [0, 0.05) is 19.7 Å². The van der Waals surface area contributed by atoms with E-state index in [2.05, 4.69) is 0 Å². The molecule has 2 aliphatic heterocycles. The topological polar surface area (TPSA) is 76.1 Å². The van der Waals surface area contributed by atoms with Crippen molar-refractivity contribution in [2.45, 2.75) is 45.3 Å². The van der Waals surface area contributed by atoms with Gasteiger partial charge in [-0.1, -0.05) is 0 Å². The van der Waals surface area contributed by atoms with Gasteiger partial charge in [-0.25, -0.2) is 4.79 Å². The molecule has 0 radical (unpaired) electrons. The van der Waals surface area contributed by atoms with Crippen LogP contribution in [-0.4, -0.2) is 53.5 Å². The first-order valence-electron chi connectivity index (χ1n) is 6.57. The van der Waals surface area contributed by atoms with Gasteiger partial charge < -0.3 is 19.5 Å². The molecule has 19 heavy (non-hydrogen) atoms. The Morgan fingerprint density at radius 3 is 2.68 bits per heavy atom. The molecule has 2 aliphatic rings. The molecule has 6 heteroatoms. The smallest absolute Gasteiger partial charge is 0.410 e. The molecule has 6 nitrogen and oxygen atoms in total. The van der Waals surface area contributed by atoms with Crippen molar-refractivity contribution in [3.63, 3.8) is 0 Å². The molecule has 2 heterocycles. The molecule has 1 amide bonds. The lowest BCUT2D eigenvalue weighted by Crippen LogP contribution is -2.55. The van der Waals surface area contributed by atoms with Crippen molar-refractivity contribution in [2.24, 2.45) is 5.41 Å². The van der Waals surface area contributed by atoms with Gasteiger partial charge in [-0.05, 0) is 33.6 Å². The van der Waals surface area contributed by atoms with Crippen LogP contribution in [0.15, 0.2) is 0 Å². The highest BCUT2D eigenvalue weighted by molar-refractivity contribution is 5.78. The highest BCUT2D eigenvalue weighted by Crippen LogP contribution is 2.41. The first kappa shape index (κ1) is 14.1. The molecule has 2 fully saturated rings. The van der Waals surface area contributed by atoms with Crippen LogP contribution in [0.5, 0.6) is 0 Å². The predicted molar refractivity (Wildman–Crippen MR) is 66.8 cm³/mol. The van der Waals surface area contributed by atoms with Crippen LogP contribution < -0.4 is 0 Å². The van der Waals surface area contributed by atoms with Crippen molar-refractivity contribution in [3.8, 4) is 0 Å². The fourth-order valence-electron chi connectivity index (χ4n) is 2.73. The third-order valence-electron chi connectivity index (χ3n) is 3.70. The van der Waals surface area contributed by atoms with Crippen molar-refractivity contribution < 1.29 is 24.2 Å². The van der Waals surface area contributed by atoms with E-state index in [0.717, 1.165) is 0 Å². The van der Waals surface area contributed by atoms with Crippen molar-refractivity contribution in [1.82, 2.24) is 4.90 Å². The molecule has 2 atom stereocenters. The van der Waals surface area contributed by atoms with E-state index in [1.807, 2.05) is 0 Å². The number of carboxylic acids is 1. The summed E-state index contributed by atoms with van der Waals surface area (Å²) in [5.41, 5.74) is -1.54. The number of aliphatic carboxylic acids is 1. The minimum Gasteiger partial charge on any atom is -0.481 e. The van der Waals surface area contributed by atoms with Crippen LogP contribution >= 0.6 is 0 Å². The fourth-order valence-corrected chi connectivity index (χ4v) is 2.73. The second-order valence-corrected chi connectivity index (χ2v) is 6.26. The van der Waals surface area contributed by atoms with E-state index in [4.69, 9.17) is 9.47 Å². The summed E-state index contributed by atoms with van der Waals surface area (Å²) in [6.45, 7) is 6.48. The third-order valence-corrected chi connectivity index (χ3v) is 3.70. The maximum Gasteiger partial charge on any atom is 0.410 e. The van der Waals surface area contributed by atoms with Gasteiger partial charge in [0.15, 0.2) is 0 Å². The van der Waals surface area contributed by atoms with Crippen LogP contribution in [0.4, 0.5) is 4.79 Å². The van der Waals surface area contributed by atoms with Crippen LogP contribution in [-0.2, 0) is 14.3 Å². The van der Waals surface area contributed by atoms with Gasteiger partial charge in [-0.2, -0.15) is 0 Å². The zero-order valence-corrected chi connectivity index (χ0v) is 11.6. The summed E-state index contributed by atoms with van der Waals surface area (Å²) in [6.07, 6.45) is 0.264. The van der Waals surface area contributed by atoms with E-state index in [0.29, 0.717) is 26.0 Å². The second kappa shape index (κ2) is 4.67. The van der Waals surface area contributed by atoms with Crippen LogP contribution in [0.2, 0.25) is 0 Å². The number of rotatable bonds is 1. The molecule has 0 bridgehead atoms. The van der Waals surface area contributed by atoms with E-state index in [1.165, 1.54) is 4.90 Å². The van der Waals surface area contributed by atoms with Crippen LogP contribution in [0.3, 0.4) is 0 Å². The average Bonchev–Trinajstić information content (AvgIpc) is 2.70.